The highest BCUT2D eigenvalue weighted by molar-refractivity contribution is 5.73. The number of carboxylic acids is 1. The Kier molecular flexibility index (Phi) is 4.37. The summed E-state index contributed by atoms with van der Waals surface area (Å²) in [6.45, 7) is 4.19. The normalized spacial score (nSPS) is 21.2. The quantitative estimate of drug-likeness (QED) is 0.643. The Labute approximate surface area is 121 Å². The summed E-state index contributed by atoms with van der Waals surface area (Å²) >= 11 is 0. The third kappa shape index (κ3) is 2.80. The summed E-state index contributed by atoms with van der Waals surface area (Å²) in [7, 11) is 0. The standard InChI is InChI=1S/C13H17N3O5/c1-3-15(10-7-21-6-9(10)13(17)18)12-11(16(19)20)8(2)4-5-14-12/h4-5,9-10H,3,6-7H2,1-2H3,(H,17,18). The Balaban J connectivity index is 2.45. The van der Waals surface area contributed by atoms with E-state index in [0.29, 0.717) is 12.1 Å². The van der Waals surface area contributed by atoms with Crippen LogP contribution in [0.2, 0.25) is 0 Å². The van der Waals surface area contributed by atoms with Gasteiger partial charge in [-0.25, -0.2) is 4.98 Å². The van der Waals surface area contributed by atoms with Gasteiger partial charge in [0.15, 0.2) is 0 Å². The van der Waals surface area contributed by atoms with E-state index in [4.69, 9.17) is 4.74 Å². The maximum atomic E-state index is 11.3. The summed E-state index contributed by atoms with van der Waals surface area (Å²) < 4.78 is 5.25. The van der Waals surface area contributed by atoms with Crippen molar-refractivity contribution in [1.29, 1.82) is 0 Å². The summed E-state index contributed by atoms with van der Waals surface area (Å²) in [6, 6.07) is 1.11. The Hall–Kier alpha value is -2.22. The van der Waals surface area contributed by atoms with Gasteiger partial charge in [0.25, 0.3) is 0 Å². The molecule has 2 heterocycles. The van der Waals surface area contributed by atoms with Crippen LogP contribution in [0, 0.1) is 23.0 Å². The molecule has 1 aliphatic rings. The molecule has 1 saturated heterocycles. The zero-order valence-corrected chi connectivity index (χ0v) is 11.9. The molecule has 1 N–H and O–H groups in total. The van der Waals surface area contributed by atoms with Gasteiger partial charge in [0.1, 0.15) is 5.92 Å². The lowest BCUT2D eigenvalue weighted by Crippen LogP contribution is -2.44. The molecule has 0 aromatic carbocycles. The second-order valence-corrected chi connectivity index (χ2v) is 4.89. The Morgan fingerprint density at radius 3 is 2.90 bits per heavy atom. The Bertz CT molecular complexity index is 563. The van der Waals surface area contributed by atoms with E-state index in [1.54, 1.807) is 17.9 Å². The van der Waals surface area contributed by atoms with Gasteiger partial charge >= 0.3 is 11.7 Å². The molecule has 0 saturated carbocycles. The maximum absolute atomic E-state index is 11.3. The van der Waals surface area contributed by atoms with E-state index in [1.807, 2.05) is 6.92 Å². The molecule has 1 aromatic rings. The zero-order chi connectivity index (χ0) is 15.6. The van der Waals surface area contributed by atoms with Crippen LogP contribution in [0.4, 0.5) is 11.5 Å². The fraction of sp³-hybridized carbons (Fsp3) is 0.538. The van der Waals surface area contributed by atoms with Crippen molar-refractivity contribution < 1.29 is 19.6 Å². The van der Waals surface area contributed by atoms with Gasteiger partial charge in [-0.05, 0) is 19.9 Å². The number of nitrogens with zero attached hydrogens (tertiary/aromatic N) is 3. The Morgan fingerprint density at radius 1 is 1.62 bits per heavy atom. The van der Waals surface area contributed by atoms with Gasteiger partial charge in [-0.1, -0.05) is 0 Å². The smallest absolute Gasteiger partial charge is 0.314 e. The molecule has 8 nitrogen and oxygen atoms in total. The van der Waals surface area contributed by atoms with Gasteiger partial charge in [-0.15, -0.1) is 0 Å². The van der Waals surface area contributed by atoms with Gasteiger partial charge in [-0.3, -0.25) is 14.9 Å². The monoisotopic (exact) mass is 295 g/mol. The summed E-state index contributed by atoms with van der Waals surface area (Å²) in [5.74, 6) is -1.48. The van der Waals surface area contributed by atoms with Gasteiger partial charge in [0.05, 0.1) is 24.2 Å². The fourth-order valence-corrected chi connectivity index (χ4v) is 2.60. The van der Waals surface area contributed by atoms with E-state index in [1.165, 1.54) is 6.20 Å². The number of aromatic nitrogens is 1. The van der Waals surface area contributed by atoms with Crippen LogP contribution in [0.15, 0.2) is 12.3 Å². The molecule has 1 aliphatic heterocycles. The molecule has 0 aliphatic carbocycles. The molecule has 21 heavy (non-hydrogen) atoms. The second-order valence-electron chi connectivity index (χ2n) is 4.89. The van der Waals surface area contributed by atoms with Gasteiger partial charge < -0.3 is 14.7 Å². The van der Waals surface area contributed by atoms with Gasteiger partial charge in [0, 0.05) is 18.3 Å². The average Bonchev–Trinajstić information content (AvgIpc) is 2.88. The molecule has 2 rings (SSSR count). The first kappa shape index (κ1) is 15.2. The minimum Gasteiger partial charge on any atom is -0.481 e. The van der Waals surface area contributed by atoms with Crippen LogP contribution in [0.25, 0.3) is 0 Å². The molecular weight excluding hydrogens is 278 g/mol. The highest BCUT2D eigenvalue weighted by atomic mass is 16.6. The highest BCUT2D eigenvalue weighted by Crippen LogP contribution is 2.33. The molecule has 2 atom stereocenters. The van der Waals surface area contributed by atoms with Crippen molar-refractivity contribution in [3.8, 4) is 0 Å². The lowest BCUT2D eigenvalue weighted by molar-refractivity contribution is -0.384. The van der Waals surface area contributed by atoms with Crippen LogP contribution in [-0.4, -0.2) is 46.8 Å². The number of nitro groups is 1. The van der Waals surface area contributed by atoms with E-state index in [9.17, 15) is 20.0 Å². The second kappa shape index (κ2) is 6.04. The number of aryl methyl sites for hydroxylation is 1. The first-order chi connectivity index (χ1) is 9.97. The van der Waals surface area contributed by atoms with Gasteiger partial charge in [-0.2, -0.15) is 0 Å². The average molecular weight is 295 g/mol. The lowest BCUT2D eigenvalue weighted by Gasteiger charge is -2.30. The third-order valence-electron chi connectivity index (χ3n) is 3.67. The van der Waals surface area contributed by atoms with Crippen molar-refractivity contribution in [3.63, 3.8) is 0 Å². The predicted molar refractivity (Wildman–Crippen MR) is 74.4 cm³/mol. The lowest BCUT2D eigenvalue weighted by atomic mass is 10.0. The first-order valence-corrected chi connectivity index (χ1v) is 6.64. The van der Waals surface area contributed by atoms with E-state index >= 15 is 0 Å². The van der Waals surface area contributed by atoms with E-state index < -0.39 is 22.9 Å². The number of pyridine rings is 1. The van der Waals surface area contributed by atoms with Crippen molar-refractivity contribution in [1.82, 2.24) is 4.98 Å². The van der Waals surface area contributed by atoms with Crippen LogP contribution in [0.5, 0.6) is 0 Å². The maximum Gasteiger partial charge on any atom is 0.314 e. The first-order valence-electron chi connectivity index (χ1n) is 6.64. The minimum absolute atomic E-state index is 0.0876. The van der Waals surface area contributed by atoms with Crippen LogP contribution in [0.3, 0.4) is 0 Å². The van der Waals surface area contributed by atoms with Crippen LogP contribution < -0.4 is 4.90 Å². The molecule has 1 fully saturated rings. The Morgan fingerprint density at radius 2 is 2.33 bits per heavy atom. The van der Waals surface area contributed by atoms with E-state index in [2.05, 4.69) is 4.98 Å². The number of aliphatic carboxylic acids is 1. The molecule has 1 aromatic heterocycles. The van der Waals surface area contributed by atoms with Crippen molar-refractivity contribution in [3.05, 3.63) is 27.9 Å². The number of hydrogen-bond acceptors (Lipinski definition) is 6. The minimum atomic E-state index is -0.966. The van der Waals surface area contributed by atoms with Gasteiger partial charge in [0.2, 0.25) is 5.82 Å². The molecular formula is C13H17N3O5. The molecule has 114 valence electrons. The number of anilines is 1. The van der Waals surface area contributed by atoms with Crippen molar-refractivity contribution in [2.24, 2.45) is 5.92 Å². The molecule has 0 spiro atoms. The summed E-state index contributed by atoms with van der Waals surface area (Å²) in [4.78, 5) is 27.8. The largest absolute Gasteiger partial charge is 0.481 e. The summed E-state index contributed by atoms with van der Waals surface area (Å²) in [6.07, 6.45) is 1.49. The topological polar surface area (TPSA) is 106 Å². The molecule has 0 radical (unpaired) electrons. The molecule has 0 amide bonds. The molecule has 2 unspecified atom stereocenters. The fourth-order valence-electron chi connectivity index (χ4n) is 2.60. The molecule has 8 heteroatoms. The summed E-state index contributed by atoms with van der Waals surface area (Å²) in [5, 5.41) is 20.5. The number of hydrogen-bond donors (Lipinski definition) is 1. The van der Waals surface area contributed by atoms with Crippen molar-refractivity contribution in [2.45, 2.75) is 19.9 Å². The molecule has 0 bridgehead atoms. The van der Waals surface area contributed by atoms with Crippen LogP contribution >= 0.6 is 0 Å². The number of rotatable bonds is 5. The number of likely N-dealkylation sites (N-methyl/N-ethyl adjacent to an activating group) is 1. The number of carboxylic acid groups (broad SMARTS) is 1. The van der Waals surface area contributed by atoms with Crippen LogP contribution in [-0.2, 0) is 9.53 Å². The van der Waals surface area contributed by atoms with Crippen molar-refractivity contribution >= 4 is 17.5 Å². The highest BCUT2D eigenvalue weighted by Gasteiger charge is 2.40. The third-order valence-corrected chi connectivity index (χ3v) is 3.67. The number of carbonyl (C=O) groups is 1. The zero-order valence-electron chi connectivity index (χ0n) is 11.9. The summed E-state index contributed by atoms with van der Waals surface area (Å²) in [5.41, 5.74) is 0.407. The van der Waals surface area contributed by atoms with Crippen LogP contribution in [0.1, 0.15) is 12.5 Å². The van der Waals surface area contributed by atoms with Crippen molar-refractivity contribution in [2.75, 3.05) is 24.7 Å². The van der Waals surface area contributed by atoms with E-state index in [0.717, 1.165) is 0 Å². The predicted octanol–water partition coefficient (Wildman–Crippen LogP) is 1.22. The number of ether oxygens (including phenoxy) is 1. The SMILES string of the molecule is CCN(c1nccc(C)c1[N+](=O)[O-])C1COCC1C(=O)O. The van der Waals surface area contributed by atoms with E-state index in [-0.39, 0.29) is 24.7 Å².